The van der Waals surface area contributed by atoms with E-state index in [9.17, 15) is 24.8 Å². The summed E-state index contributed by atoms with van der Waals surface area (Å²) in [5, 5.41) is 29.4. The van der Waals surface area contributed by atoms with Crippen LogP contribution in [0.5, 0.6) is 0 Å². The van der Waals surface area contributed by atoms with E-state index >= 15 is 0 Å². The van der Waals surface area contributed by atoms with Crippen LogP contribution >= 0.6 is 7.82 Å². The molecule has 0 aromatic carbocycles. The average molecular weight is 329 g/mol. The van der Waals surface area contributed by atoms with E-state index in [4.69, 9.17) is 15.0 Å². The normalized spacial score (nSPS) is 36.7. The molecule has 126 valence electrons. The van der Waals surface area contributed by atoms with Gasteiger partial charge in [0.05, 0.1) is 19.3 Å². The minimum Gasteiger partial charge on any atom is -0.388 e. The van der Waals surface area contributed by atoms with Crippen molar-refractivity contribution in [1.29, 1.82) is 0 Å². The van der Waals surface area contributed by atoms with Crippen molar-refractivity contribution in [3.05, 3.63) is 0 Å². The summed E-state index contributed by atoms with van der Waals surface area (Å²) in [4.78, 5) is 9.36. The van der Waals surface area contributed by atoms with Crippen molar-refractivity contribution in [3.8, 4) is 0 Å². The molecule has 1 aliphatic rings. The van der Waals surface area contributed by atoms with Gasteiger partial charge in [-0.15, -0.1) is 0 Å². The predicted molar refractivity (Wildman–Crippen MR) is 72.3 cm³/mol. The van der Waals surface area contributed by atoms with Crippen LogP contribution in [-0.2, 0) is 18.3 Å². The van der Waals surface area contributed by atoms with Crippen molar-refractivity contribution in [2.75, 3.05) is 19.8 Å². The summed E-state index contributed by atoms with van der Waals surface area (Å²) in [6.07, 6.45) is -5.89. The third-order valence-electron chi connectivity index (χ3n) is 3.18. The minimum absolute atomic E-state index is 0.0524. The van der Waals surface area contributed by atoms with Crippen LogP contribution in [0.4, 0.5) is 0 Å². The first kappa shape index (κ1) is 19.0. The lowest BCUT2D eigenvalue weighted by molar-refractivity contribution is -0.237. The molecular formula is C11H24NO8P. The zero-order valence-corrected chi connectivity index (χ0v) is 12.9. The Morgan fingerprint density at radius 3 is 2.33 bits per heavy atom. The molecule has 1 rings (SSSR count). The van der Waals surface area contributed by atoms with E-state index in [1.54, 1.807) is 13.8 Å². The lowest BCUT2D eigenvalue weighted by atomic mass is 9.90. The van der Waals surface area contributed by atoms with E-state index in [0.29, 0.717) is 0 Å². The number of ether oxygens (including phenoxy) is 1. The Hall–Kier alpha value is -0.0900. The molecule has 0 spiro atoms. The van der Waals surface area contributed by atoms with Crippen LogP contribution in [0, 0.1) is 5.92 Å². The van der Waals surface area contributed by atoms with Crippen molar-refractivity contribution < 1.29 is 38.6 Å². The molecule has 6 atom stereocenters. The Kier molecular flexibility index (Phi) is 7.18. The highest BCUT2D eigenvalue weighted by molar-refractivity contribution is 7.47. The fourth-order valence-electron chi connectivity index (χ4n) is 2.04. The van der Waals surface area contributed by atoms with Crippen LogP contribution in [0.1, 0.15) is 13.8 Å². The maximum atomic E-state index is 11.5. The zero-order chi connectivity index (χ0) is 16.2. The van der Waals surface area contributed by atoms with Gasteiger partial charge < -0.3 is 30.7 Å². The fraction of sp³-hybridized carbons (Fsp3) is 1.00. The first-order valence-electron chi connectivity index (χ1n) is 6.71. The molecule has 1 fully saturated rings. The molecule has 21 heavy (non-hydrogen) atoms. The highest BCUT2D eigenvalue weighted by Gasteiger charge is 2.45. The molecule has 1 aliphatic heterocycles. The lowest BCUT2D eigenvalue weighted by Gasteiger charge is -2.42. The largest absolute Gasteiger partial charge is 0.472 e. The predicted octanol–water partition coefficient (Wildman–Crippen LogP) is -1.42. The molecule has 0 radical (unpaired) electrons. The van der Waals surface area contributed by atoms with Gasteiger partial charge in [0.15, 0.2) is 0 Å². The Morgan fingerprint density at radius 2 is 1.81 bits per heavy atom. The van der Waals surface area contributed by atoms with E-state index in [2.05, 4.69) is 4.52 Å². The van der Waals surface area contributed by atoms with Gasteiger partial charge in [-0.1, -0.05) is 13.8 Å². The lowest BCUT2D eigenvalue weighted by Crippen LogP contribution is -2.59. The van der Waals surface area contributed by atoms with Crippen molar-refractivity contribution in [2.24, 2.45) is 11.7 Å². The van der Waals surface area contributed by atoms with Gasteiger partial charge in [-0.3, -0.25) is 9.05 Å². The number of phosphoric ester groups is 1. The van der Waals surface area contributed by atoms with Crippen LogP contribution in [0.15, 0.2) is 0 Å². The molecule has 6 N–H and O–H groups in total. The zero-order valence-electron chi connectivity index (χ0n) is 12.0. The van der Waals surface area contributed by atoms with Crippen LogP contribution < -0.4 is 5.73 Å². The van der Waals surface area contributed by atoms with E-state index < -0.39 is 44.9 Å². The van der Waals surface area contributed by atoms with Gasteiger partial charge in [0.1, 0.15) is 24.4 Å². The van der Waals surface area contributed by atoms with Gasteiger partial charge in [0, 0.05) is 6.54 Å². The summed E-state index contributed by atoms with van der Waals surface area (Å²) in [5.41, 5.74) is 5.14. The highest BCUT2D eigenvalue weighted by atomic mass is 31.2. The maximum Gasteiger partial charge on any atom is 0.472 e. The summed E-state index contributed by atoms with van der Waals surface area (Å²) in [7, 11) is -4.30. The molecule has 0 aromatic rings. The first-order chi connectivity index (χ1) is 9.69. The number of hydrogen-bond acceptors (Lipinski definition) is 8. The second-order valence-corrected chi connectivity index (χ2v) is 6.69. The van der Waals surface area contributed by atoms with Crippen LogP contribution in [0.3, 0.4) is 0 Å². The topological polar surface area (TPSA) is 152 Å². The molecule has 0 aliphatic carbocycles. The van der Waals surface area contributed by atoms with Crippen molar-refractivity contribution in [3.63, 3.8) is 0 Å². The fourth-order valence-corrected chi connectivity index (χ4v) is 2.79. The number of phosphoric acid groups is 1. The highest BCUT2D eigenvalue weighted by Crippen LogP contribution is 2.43. The molecule has 0 aromatic heterocycles. The van der Waals surface area contributed by atoms with E-state index in [0.717, 1.165) is 0 Å². The third kappa shape index (κ3) is 5.24. The number of aliphatic hydroxyl groups excluding tert-OH is 3. The second-order valence-electron chi connectivity index (χ2n) is 5.24. The smallest absolute Gasteiger partial charge is 0.388 e. The Morgan fingerprint density at radius 1 is 1.19 bits per heavy atom. The molecule has 0 amide bonds. The summed E-state index contributed by atoms with van der Waals surface area (Å²) >= 11 is 0. The average Bonchev–Trinajstić information content (AvgIpc) is 2.41. The van der Waals surface area contributed by atoms with Crippen LogP contribution in [0.2, 0.25) is 0 Å². The molecule has 9 nitrogen and oxygen atoms in total. The Balaban J connectivity index is 2.63. The van der Waals surface area contributed by atoms with Crippen LogP contribution in [-0.4, -0.2) is 70.5 Å². The quantitative estimate of drug-likeness (QED) is 0.354. The molecule has 0 bridgehead atoms. The number of rotatable bonds is 7. The maximum absolute atomic E-state index is 11.5. The molecular weight excluding hydrogens is 305 g/mol. The van der Waals surface area contributed by atoms with E-state index in [-0.39, 0.29) is 19.1 Å². The second kappa shape index (κ2) is 7.96. The van der Waals surface area contributed by atoms with Gasteiger partial charge in [0.2, 0.25) is 0 Å². The first-order valence-corrected chi connectivity index (χ1v) is 8.20. The molecule has 0 saturated carbocycles. The summed E-state index contributed by atoms with van der Waals surface area (Å²) < 4.78 is 26.2. The van der Waals surface area contributed by atoms with Crippen molar-refractivity contribution in [1.82, 2.24) is 0 Å². The standard InChI is InChI=1S/C11H24NO8P/c1-6(2)11-10(15)9(14)8(13)7(20-11)5-19-21(16,17)18-4-3-12/h6-11,13-15H,3-5,12H2,1-2H3,(H,16,17)/t7?,8-,9-,10?,11-/m1/s1. The van der Waals surface area contributed by atoms with Gasteiger partial charge in [0.25, 0.3) is 0 Å². The monoisotopic (exact) mass is 329 g/mol. The van der Waals surface area contributed by atoms with E-state index in [1.807, 2.05) is 0 Å². The number of hydrogen-bond donors (Lipinski definition) is 5. The Bertz CT molecular complexity index is 368. The van der Waals surface area contributed by atoms with Crippen LogP contribution in [0.25, 0.3) is 0 Å². The number of nitrogens with two attached hydrogens (primary N) is 1. The summed E-state index contributed by atoms with van der Waals surface area (Å²) in [5.74, 6) is -0.126. The third-order valence-corrected chi connectivity index (χ3v) is 4.16. The number of aliphatic hydroxyl groups is 3. The molecule has 3 unspecified atom stereocenters. The molecule has 10 heteroatoms. The minimum atomic E-state index is -4.30. The van der Waals surface area contributed by atoms with Crippen molar-refractivity contribution >= 4 is 7.82 Å². The van der Waals surface area contributed by atoms with Gasteiger partial charge in [-0.2, -0.15) is 0 Å². The molecule has 1 heterocycles. The molecule has 1 saturated heterocycles. The summed E-state index contributed by atoms with van der Waals surface area (Å²) in [6, 6.07) is 0. The SMILES string of the molecule is CC(C)[C@H]1OC(COP(=O)(O)OCCN)[C@@H](O)[C@@H](O)C1O. The van der Waals surface area contributed by atoms with Gasteiger partial charge in [-0.05, 0) is 5.92 Å². The summed E-state index contributed by atoms with van der Waals surface area (Å²) in [6.45, 7) is 2.98. The van der Waals surface area contributed by atoms with Gasteiger partial charge in [-0.25, -0.2) is 4.57 Å². The van der Waals surface area contributed by atoms with E-state index in [1.165, 1.54) is 0 Å². The van der Waals surface area contributed by atoms with Gasteiger partial charge >= 0.3 is 7.82 Å². The van der Waals surface area contributed by atoms with Crippen molar-refractivity contribution in [2.45, 2.75) is 44.4 Å². The Labute approximate surface area is 123 Å².